The second-order valence-corrected chi connectivity index (χ2v) is 25.0. The maximum Gasteiger partial charge on any atom is 0.0691 e. The zero-order valence-electron chi connectivity index (χ0n) is 51.0. The van der Waals surface area contributed by atoms with Crippen LogP contribution in [-0.4, -0.2) is 11.6 Å². The normalized spacial score (nSPS) is 17.9. The van der Waals surface area contributed by atoms with Crippen molar-refractivity contribution >= 4 is 62.4 Å². The molecule has 0 heterocycles. The van der Waals surface area contributed by atoms with Gasteiger partial charge in [0.1, 0.15) is 0 Å². The number of aryl methyl sites for hydroxylation is 7. The smallest absolute Gasteiger partial charge is 0.0691 e. The van der Waals surface area contributed by atoms with Crippen LogP contribution in [0.25, 0.3) is 16.7 Å². The van der Waals surface area contributed by atoms with E-state index in [-0.39, 0.29) is 11.6 Å². The van der Waals surface area contributed by atoms with Crippen LogP contribution in [0.2, 0.25) is 0 Å². The van der Waals surface area contributed by atoms with Gasteiger partial charge in [-0.2, -0.15) is 0 Å². The SMILES string of the molecule is CC1=CCC(C)(N(c2ccc(C)cc2)c2ccc3c(c2)C2(C4=C(C=CC(N(c5ccc(C)cc5)c5ccc(C)cc5)C4)c4ccc(N(c5ccc(C)cc5)c5ccc(C)cc5)cc42)c2cc(N(c4ccc(C)cc4)c4ccc(C)cc4)ccc2-3)C=C1. The van der Waals surface area contributed by atoms with E-state index < -0.39 is 5.41 Å². The fourth-order valence-corrected chi connectivity index (χ4v) is 14.1. The molecule has 0 aliphatic heterocycles. The molecule has 14 rings (SSSR count). The summed E-state index contributed by atoms with van der Waals surface area (Å²) in [7, 11) is 0. The van der Waals surface area contributed by atoms with Gasteiger partial charge in [-0.05, 0) is 241 Å². The molecule has 4 aliphatic rings. The van der Waals surface area contributed by atoms with E-state index in [4.69, 9.17) is 0 Å². The van der Waals surface area contributed by atoms with Crippen LogP contribution in [0.1, 0.15) is 87.9 Å². The molecule has 4 nitrogen and oxygen atoms in total. The first-order chi connectivity index (χ1) is 41.7. The molecule has 0 bridgehead atoms. The lowest BCUT2D eigenvalue weighted by Gasteiger charge is -2.43. The number of fused-ring (bicyclic) bond motifs is 9. The Kier molecular flexibility index (Phi) is 13.5. The van der Waals surface area contributed by atoms with Gasteiger partial charge in [0.05, 0.1) is 17.0 Å². The molecule has 422 valence electrons. The number of hydrogen-bond donors (Lipinski definition) is 0. The lowest BCUT2D eigenvalue weighted by atomic mass is 9.67. The van der Waals surface area contributed by atoms with Crippen molar-refractivity contribution < 1.29 is 0 Å². The Morgan fingerprint density at radius 3 is 1.08 bits per heavy atom. The topological polar surface area (TPSA) is 13.0 Å². The second-order valence-electron chi connectivity index (χ2n) is 25.0. The molecular formula is C82H74N4. The van der Waals surface area contributed by atoms with Crippen LogP contribution >= 0.6 is 0 Å². The summed E-state index contributed by atoms with van der Waals surface area (Å²) in [6.07, 6.45) is 13.8. The highest BCUT2D eigenvalue weighted by Crippen LogP contribution is 2.66. The standard InChI is InChI=1S/C82H74N4/c1-54-10-24-62(25-11-54)83(63-26-12-55(2)13-27-63)69-38-42-73-74-43-39-70(84(64-28-14-56(3)15-29-64)65-30-16-57(4)17-31-65)51-78(74)82(77(73)50-69)79-52-71(85(66-32-18-58(5)19-33-66)67-34-20-59(6)21-35-67)40-44-75(79)76-45-41-72(53-80(76)82)86(68-36-22-60(7)23-37-68)81(9)48-46-61(8)47-49-81/h10-48,50,52-53,70H,49,51H2,1-9H3. The van der Waals surface area contributed by atoms with Gasteiger partial charge in [-0.3, -0.25) is 0 Å². The largest absolute Gasteiger partial charge is 0.334 e. The van der Waals surface area contributed by atoms with Gasteiger partial charge in [-0.1, -0.05) is 178 Å². The van der Waals surface area contributed by atoms with Crippen LogP contribution in [0.5, 0.6) is 0 Å². The van der Waals surface area contributed by atoms with E-state index in [2.05, 4.69) is 337 Å². The number of rotatable bonds is 12. The molecule has 0 fully saturated rings. The van der Waals surface area contributed by atoms with Crippen LogP contribution < -0.4 is 19.6 Å². The summed E-state index contributed by atoms with van der Waals surface area (Å²) in [6.45, 7) is 19.9. The summed E-state index contributed by atoms with van der Waals surface area (Å²) in [5, 5.41) is 0. The first-order valence-electron chi connectivity index (χ1n) is 30.6. The fourth-order valence-electron chi connectivity index (χ4n) is 14.1. The lowest BCUT2D eigenvalue weighted by Crippen LogP contribution is -2.42. The van der Waals surface area contributed by atoms with Crippen LogP contribution in [-0.2, 0) is 5.41 Å². The number of hydrogen-bond acceptors (Lipinski definition) is 4. The molecule has 3 unspecified atom stereocenters. The quantitative estimate of drug-likeness (QED) is 0.121. The summed E-state index contributed by atoms with van der Waals surface area (Å²) in [5.74, 6) is 0. The summed E-state index contributed by atoms with van der Waals surface area (Å²) in [6, 6.07) is 85.8. The lowest BCUT2D eigenvalue weighted by molar-refractivity contribution is 0.567. The molecule has 0 aromatic heterocycles. The first-order valence-corrected chi connectivity index (χ1v) is 30.6. The summed E-state index contributed by atoms with van der Waals surface area (Å²) in [5.41, 5.74) is 30.6. The highest BCUT2D eigenvalue weighted by atomic mass is 15.2. The molecule has 10 aromatic rings. The summed E-state index contributed by atoms with van der Waals surface area (Å²) in [4.78, 5) is 10.1. The molecular weight excluding hydrogens is 1040 g/mol. The zero-order valence-corrected chi connectivity index (χ0v) is 51.0. The van der Waals surface area contributed by atoms with E-state index in [1.54, 1.807) is 0 Å². The van der Waals surface area contributed by atoms with Gasteiger partial charge in [0.2, 0.25) is 0 Å². The third-order valence-corrected chi connectivity index (χ3v) is 18.7. The van der Waals surface area contributed by atoms with Crippen molar-refractivity contribution in [3.8, 4) is 11.1 Å². The third kappa shape index (κ3) is 9.40. The van der Waals surface area contributed by atoms with Crippen molar-refractivity contribution in [1.82, 2.24) is 0 Å². The highest BCUT2D eigenvalue weighted by Gasteiger charge is 2.55. The zero-order chi connectivity index (χ0) is 59.0. The van der Waals surface area contributed by atoms with Crippen molar-refractivity contribution in [2.75, 3.05) is 19.6 Å². The van der Waals surface area contributed by atoms with Crippen molar-refractivity contribution in [3.63, 3.8) is 0 Å². The molecule has 3 atom stereocenters. The van der Waals surface area contributed by atoms with Crippen molar-refractivity contribution in [2.45, 2.75) is 92.2 Å². The molecule has 4 heteroatoms. The molecule has 4 aliphatic carbocycles. The Hall–Kier alpha value is -9.64. The Morgan fingerprint density at radius 2 is 0.686 bits per heavy atom. The number of allylic oxidation sites excluding steroid dienone is 4. The Morgan fingerprint density at radius 1 is 0.349 bits per heavy atom. The van der Waals surface area contributed by atoms with Gasteiger partial charge >= 0.3 is 0 Å². The minimum absolute atomic E-state index is 0.0257. The van der Waals surface area contributed by atoms with Gasteiger partial charge in [0, 0.05) is 56.9 Å². The molecule has 0 saturated heterocycles. The predicted molar refractivity (Wildman–Crippen MR) is 365 cm³/mol. The molecule has 86 heavy (non-hydrogen) atoms. The number of benzene rings is 10. The molecule has 0 radical (unpaired) electrons. The molecule has 1 spiro atoms. The predicted octanol–water partition coefficient (Wildman–Crippen LogP) is 21.8. The maximum absolute atomic E-state index is 2.61. The number of anilines is 10. The van der Waals surface area contributed by atoms with Gasteiger partial charge in [0.25, 0.3) is 0 Å². The Balaban J connectivity index is 1.07. The van der Waals surface area contributed by atoms with Crippen molar-refractivity contribution in [3.05, 3.63) is 327 Å². The molecule has 10 aromatic carbocycles. The van der Waals surface area contributed by atoms with Gasteiger partial charge in [0.15, 0.2) is 0 Å². The fraction of sp³-hybridized carbons (Fsp3) is 0.171. The number of nitrogens with zero attached hydrogens (tertiary/aromatic N) is 4. The van der Waals surface area contributed by atoms with Crippen molar-refractivity contribution in [1.29, 1.82) is 0 Å². The van der Waals surface area contributed by atoms with E-state index in [1.165, 1.54) is 106 Å². The summed E-state index contributed by atoms with van der Waals surface area (Å²) < 4.78 is 0. The minimum Gasteiger partial charge on any atom is -0.334 e. The monoisotopic (exact) mass is 1110 g/mol. The third-order valence-electron chi connectivity index (χ3n) is 18.7. The van der Waals surface area contributed by atoms with E-state index >= 15 is 0 Å². The molecule has 0 saturated carbocycles. The van der Waals surface area contributed by atoms with E-state index in [0.29, 0.717) is 0 Å². The van der Waals surface area contributed by atoms with Gasteiger partial charge in [-0.25, -0.2) is 0 Å². The molecule has 0 N–H and O–H groups in total. The minimum atomic E-state index is -0.760. The van der Waals surface area contributed by atoms with Crippen LogP contribution in [0.15, 0.2) is 266 Å². The van der Waals surface area contributed by atoms with Crippen LogP contribution in [0, 0.1) is 48.5 Å². The van der Waals surface area contributed by atoms with Crippen molar-refractivity contribution in [2.24, 2.45) is 0 Å². The average molecular weight is 1120 g/mol. The van der Waals surface area contributed by atoms with Gasteiger partial charge in [-0.15, -0.1) is 0 Å². The Labute approximate surface area is 509 Å². The van der Waals surface area contributed by atoms with Crippen LogP contribution in [0.3, 0.4) is 0 Å². The van der Waals surface area contributed by atoms with E-state index in [1.807, 2.05) is 0 Å². The maximum atomic E-state index is 2.61. The summed E-state index contributed by atoms with van der Waals surface area (Å²) >= 11 is 0. The Bertz CT molecular complexity index is 4220. The second kappa shape index (κ2) is 21.5. The highest BCUT2D eigenvalue weighted by molar-refractivity contribution is 6.00. The molecule has 0 amide bonds. The van der Waals surface area contributed by atoms with E-state index in [0.717, 1.165) is 52.7 Å². The van der Waals surface area contributed by atoms with Gasteiger partial charge < -0.3 is 19.6 Å². The first kappa shape index (κ1) is 54.3. The van der Waals surface area contributed by atoms with Crippen LogP contribution in [0.4, 0.5) is 56.9 Å². The average Bonchev–Trinajstić information content (AvgIpc) is 1.51. The van der Waals surface area contributed by atoms with E-state index in [9.17, 15) is 0 Å².